The Balaban J connectivity index is 1.95. The van der Waals surface area contributed by atoms with Gasteiger partial charge in [0.1, 0.15) is 18.0 Å². The number of aromatic nitrogens is 3. The summed E-state index contributed by atoms with van der Waals surface area (Å²) in [7, 11) is 0. The molecule has 2 aromatic carbocycles. The Kier molecular flexibility index (Phi) is 5.74. The number of nitrogens with zero attached hydrogens (tertiary/aromatic N) is 3. The molecule has 28 heavy (non-hydrogen) atoms. The molecule has 0 fully saturated rings. The molecule has 0 radical (unpaired) electrons. The molecule has 0 aliphatic heterocycles. The quantitative estimate of drug-likeness (QED) is 0.412. The summed E-state index contributed by atoms with van der Waals surface area (Å²) < 4.78 is 8.50. The van der Waals surface area contributed by atoms with E-state index in [0.29, 0.717) is 16.3 Å². The molecule has 0 saturated heterocycles. The van der Waals surface area contributed by atoms with Gasteiger partial charge in [-0.25, -0.2) is 0 Å². The minimum Gasteiger partial charge on any atom is -0.485 e. The summed E-state index contributed by atoms with van der Waals surface area (Å²) in [6.45, 7) is 10.3. The molecule has 0 aliphatic carbocycles. The number of ether oxygens (including phenoxy) is 1. The molecule has 7 heteroatoms. The SMILES string of the molecule is Cc1ccc(-n2c(COc3cc(C)c(N=O)cc3C(C)C)n[nH]c2=S)cc1C. The number of hydrogen-bond donors (Lipinski definition) is 1. The van der Waals surface area contributed by atoms with Crippen LogP contribution in [0.2, 0.25) is 0 Å². The van der Waals surface area contributed by atoms with Gasteiger partial charge in [-0.3, -0.25) is 9.67 Å². The van der Waals surface area contributed by atoms with Crippen molar-refractivity contribution in [3.05, 3.63) is 68.1 Å². The lowest BCUT2D eigenvalue weighted by Gasteiger charge is -2.16. The van der Waals surface area contributed by atoms with E-state index in [9.17, 15) is 4.91 Å². The van der Waals surface area contributed by atoms with Crippen molar-refractivity contribution < 1.29 is 4.74 Å². The zero-order valence-corrected chi connectivity index (χ0v) is 17.6. The summed E-state index contributed by atoms with van der Waals surface area (Å²) in [5, 5.41) is 10.3. The first-order chi connectivity index (χ1) is 13.3. The van der Waals surface area contributed by atoms with E-state index >= 15 is 0 Å². The number of H-pyrrole nitrogens is 1. The van der Waals surface area contributed by atoms with E-state index in [2.05, 4.69) is 55.2 Å². The Hall–Kier alpha value is -2.80. The van der Waals surface area contributed by atoms with Gasteiger partial charge >= 0.3 is 0 Å². The van der Waals surface area contributed by atoms with Crippen LogP contribution < -0.4 is 4.74 Å². The third-order valence-electron chi connectivity index (χ3n) is 4.90. The van der Waals surface area contributed by atoms with E-state index < -0.39 is 0 Å². The topological polar surface area (TPSA) is 72.3 Å². The van der Waals surface area contributed by atoms with Crippen LogP contribution in [-0.2, 0) is 6.61 Å². The number of nitrogens with one attached hydrogen (secondary N) is 1. The molecule has 1 N–H and O–H groups in total. The van der Waals surface area contributed by atoms with Crippen LogP contribution in [0.4, 0.5) is 5.69 Å². The van der Waals surface area contributed by atoms with Gasteiger partial charge in [0.25, 0.3) is 0 Å². The Bertz CT molecular complexity index is 1080. The van der Waals surface area contributed by atoms with Crippen LogP contribution in [0.15, 0.2) is 35.5 Å². The first kappa shape index (κ1) is 19.9. The molecular weight excluding hydrogens is 372 g/mol. The van der Waals surface area contributed by atoms with Crippen molar-refractivity contribution in [1.29, 1.82) is 0 Å². The van der Waals surface area contributed by atoms with Crippen molar-refractivity contribution >= 4 is 17.9 Å². The highest BCUT2D eigenvalue weighted by atomic mass is 32.1. The van der Waals surface area contributed by atoms with Gasteiger partial charge in [-0.15, -0.1) is 4.91 Å². The monoisotopic (exact) mass is 396 g/mol. The van der Waals surface area contributed by atoms with Crippen molar-refractivity contribution in [2.75, 3.05) is 0 Å². The highest BCUT2D eigenvalue weighted by Crippen LogP contribution is 2.34. The van der Waals surface area contributed by atoms with E-state index in [-0.39, 0.29) is 12.5 Å². The Labute approximate surface area is 169 Å². The number of rotatable bonds is 6. The molecule has 6 nitrogen and oxygen atoms in total. The second-order valence-corrected chi connectivity index (χ2v) is 7.65. The van der Waals surface area contributed by atoms with Gasteiger partial charge in [-0.2, -0.15) is 5.10 Å². The van der Waals surface area contributed by atoms with Gasteiger partial charge in [-0.05, 0) is 90.6 Å². The summed E-state index contributed by atoms with van der Waals surface area (Å²) in [5.41, 5.74) is 5.50. The van der Waals surface area contributed by atoms with Crippen LogP contribution >= 0.6 is 12.2 Å². The van der Waals surface area contributed by atoms with E-state index in [0.717, 1.165) is 22.6 Å². The smallest absolute Gasteiger partial charge is 0.199 e. The van der Waals surface area contributed by atoms with E-state index in [1.165, 1.54) is 11.1 Å². The summed E-state index contributed by atoms with van der Waals surface area (Å²) in [5.74, 6) is 1.59. The fraction of sp³-hybridized carbons (Fsp3) is 0.333. The molecule has 3 rings (SSSR count). The van der Waals surface area contributed by atoms with Gasteiger partial charge in [0.15, 0.2) is 10.6 Å². The molecular formula is C21H24N4O2S. The van der Waals surface area contributed by atoms with Crippen LogP contribution in [0.3, 0.4) is 0 Å². The number of nitroso groups, excluding NO2 is 1. The predicted molar refractivity (Wildman–Crippen MR) is 113 cm³/mol. The first-order valence-electron chi connectivity index (χ1n) is 9.16. The molecule has 0 bridgehead atoms. The maximum Gasteiger partial charge on any atom is 0.199 e. The average Bonchev–Trinajstić information content (AvgIpc) is 3.02. The van der Waals surface area contributed by atoms with Crippen molar-refractivity contribution in [1.82, 2.24) is 14.8 Å². The lowest BCUT2D eigenvalue weighted by molar-refractivity contribution is 0.289. The number of hydrogen-bond acceptors (Lipinski definition) is 5. The summed E-state index contributed by atoms with van der Waals surface area (Å²) in [6, 6.07) is 9.82. The highest BCUT2D eigenvalue weighted by Gasteiger charge is 2.15. The van der Waals surface area contributed by atoms with E-state index in [1.807, 2.05) is 23.6 Å². The average molecular weight is 397 g/mol. The lowest BCUT2D eigenvalue weighted by atomic mass is 9.99. The summed E-state index contributed by atoms with van der Waals surface area (Å²) >= 11 is 5.43. The second kappa shape index (κ2) is 8.06. The summed E-state index contributed by atoms with van der Waals surface area (Å²) in [4.78, 5) is 11.0. The van der Waals surface area contributed by atoms with Gasteiger partial charge < -0.3 is 4.74 Å². The van der Waals surface area contributed by atoms with Crippen LogP contribution in [0.5, 0.6) is 5.75 Å². The predicted octanol–water partition coefficient (Wildman–Crippen LogP) is 5.96. The molecule has 0 aliphatic rings. The minimum absolute atomic E-state index is 0.191. The van der Waals surface area contributed by atoms with Crippen LogP contribution in [0.1, 0.15) is 47.8 Å². The zero-order valence-electron chi connectivity index (χ0n) is 16.7. The van der Waals surface area contributed by atoms with Crippen molar-refractivity contribution in [3.63, 3.8) is 0 Å². The number of aromatic amines is 1. The summed E-state index contributed by atoms with van der Waals surface area (Å²) in [6.07, 6.45) is 0. The maximum absolute atomic E-state index is 11.0. The van der Waals surface area contributed by atoms with E-state index in [4.69, 9.17) is 17.0 Å². The molecule has 1 heterocycles. The van der Waals surface area contributed by atoms with Crippen LogP contribution in [0.25, 0.3) is 5.69 Å². The molecule has 0 amide bonds. The second-order valence-electron chi connectivity index (χ2n) is 7.26. The molecule has 0 saturated carbocycles. The first-order valence-corrected chi connectivity index (χ1v) is 9.57. The van der Waals surface area contributed by atoms with Crippen molar-refractivity contribution in [3.8, 4) is 11.4 Å². The Morgan fingerprint density at radius 1 is 1.14 bits per heavy atom. The zero-order chi connectivity index (χ0) is 20.4. The molecule has 0 spiro atoms. The lowest BCUT2D eigenvalue weighted by Crippen LogP contribution is -2.07. The van der Waals surface area contributed by atoms with Gasteiger partial charge in [0.05, 0.1) is 5.69 Å². The number of benzene rings is 2. The molecule has 1 aromatic heterocycles. The normalized spacial score (nSPS) is 11.1. The maximum atomic E-state index is 11.0. The van der Waals surface area contributed by atoms with Gasteiger partial charge in [0.2, 0.25) is 0 Å². The third-order valence-corrected chi connectivity index (χ3v) is 5.17. The fourth-order valence-electron chi connectivity index (χ4n) is 3.06. The highest BCUT2D eigenvalue weighted by molar-refractivity contribution is 7.71. The Morgan fingerprint density at radius 3 is 2.54 bits per heavy atom. The Morgan fingerprint density at radius 2 is 1.89 bits per heavy atom. The van der Waals surface area contributed by atoms with Crippen LogP contribution in [0, 0.1) is 30.4 Å². The molecule has 0 atom stereocenters. The van der Waals surface area contributed by atoms with Crippen LogP contribution in [-0.4, -0.2) is 14.8 Å². The third kappa shape index (κ3) is 3.89. The molecule has 146 valence electrons. The van der Waals surface area contributed by atoms with E-state index in [1.54, 1.807) is 6.07 Å². The molecule has 3 aromatic rings. The fourth-order valence-corrected chi connectivity index (χ4v) is 3.32. The number of aryl methyl sites for hydroxylation is 3. The largest absolute Gasteiger partial charge is 0.485 e. The minimum atomic E-state index is 0.191. The van der Waals surface area contributed by atoms with Crippen molar-refractivity contribution in [2.24, 2.45) is 5.18 Å². The molecule has 0 unspecified atom stereocenters. The van der Waals surface area contributed by atoms with Crippen molar-refractivity contribution in [2.45, 2.75) is 47.1 Å². The van der Waals surface area contributed by atoms with Gasteiger partial charge in [0, 0.05) is 0 Å². The van der Waals surface area contributed by atoms with Gasteiger partial charge in [-0.1, -0.05) is 19.9 Å². The standard InChI is InChI=1S/C21H24N4O2S/c1-12(2)17-10-18(24-26)15(5)9-19(17)27-11-20-22-23-21(28)25(20)16-7-6-13(3)14(4)8-16/h6-10,12H,11H2,1-5H3,(H,23,28).